The lowest BCUT2D eigenvalue weighted by Gasteiger charge is -2.24. The molecule has 1 aliphatic rings. The van der Waals surface area contributed by atoms with Crippen LogP contribution in [0, 0.1) is 11.3 Å². The number of rotatable bonds is 2. The van der Waals surface area contributed by atoms with Crippen LogP contribution in [0.3, 0.4) is 0 Å². The molecule has 0 radical (unpaired) electrons. The summed E-state index contributed by atoms with van der Waals surface area (Å²) < 4.78 is 0. The van der Waals surface area contributed by atoms with Gasteiger partial charge in [-0.15, -0.1) is 11.8 Å². The lowest BCUT2D eigenvalue weighted by atomic mass is 10.1. The number of thioether (sulfide) groups is 1. The molecule has 1 aromatic rings. The molecule has 2 amide bonds. The second kappa shape index (κ2) is 5.02. The fraction of sp³-hybridized carbons (Fsp3) is 0.250. The highest BCUT2D eigenvalue weighted by molar-refractivity contribution is 8.00. The number of hydrogen-bond donors (Lipinski definition) is 0. The van der Waals surface area contributed by atoms with Gasteiger partial charge in [0.15, 0.2) is 0 Å². The van der Waals surface area contributed by atoms with E-state index in [0.717, 1.165) is 5.56 Å². The normalized spacial score (nSPS) is 15.8. The van der Waals surface area contributed by atoms with Crippen LogP contribution in [0.25, 0.3) is 0 Å². The molecule has 1 heterocycles. The van der Waals surface area contributed by atoms with Crippen LogP contribution in [0.2, 0.25) is 0 Å². The van der Waals surface area contributed by atoms with Crippen molar-refractivity contribution in [2.45, 2.75) is 6.54 Å². The smallest absolute Gasteiger partial charge is 0.239 e. The van der Waals surface area contributed by atoms with E-state index < -0.39 is 0 Å². The van der Waals surface area contributed by atoms with E-state index in [1.807, 2.05) is 6.07 Å². The molecule has 0 bridgehead atoms. The van der Waals surface area contributed by atoms with Crippen LogP contribution in [0.5, 0.6) is 0 Å². The number of benzene rings is 1. The predicted molar refractivity (Wildman–Crippen MR) is 64.0 cm³/mol. The average molecular weight is 246 g/mol. The van der Waals surface area contributed by atoms with Crippen LogP contribution in [-0.2, 0) is 16.1 Å². The second-order valence-corrected chi connectivity index (χ2v) is 4.66. The Hall–Kier alpha value is -1.80. The van der Waals surface area contributed by atoms with Crippen LogP contribution >= 0.6 is 11.8 Å². The molecule has 1 fully saturated rings. The number of nitrogens with zero attached hydrogens (tertiary/aromatic N) is 2. The van der Waals surface area contributed by atoms with Crippen molar-refractivity contribution in [1.82, 2.24) is 4.90 Å². The van der Waals surface area contributed by atoms with E-state index in [1.54, 1.807) is 24.3 Å². The lowest BCUT2D eigenvalue weighted by molar-refractivity contribution is -0.142. The van der Waals surface area contributed by atoms with Crippen molar-refractivity contribution in [3.8, 4) is 6.07 Å². The van der Waals surface area contributed by atoms with Crippen LogP contribution < -0.4 is 0 Å². The van der Waals surface area contributed by atoms with Crippen molar-refractivity contribution in [2.75, 3.05) is 11.5 Å². The van der Waals surface area contributed by atoms with Gasteiger partial charge >= 0.3 is 0 Å². The molecule has 0 aliphatic carbocycles. The van der Waals surface area contributed by atoms with Crippen molar-refractivity contribution >= 4 is 23.6 Å². The fourth-order valence-corrected chi connectivity index (χ4v) is 2.33. The third-order valence-electron chi connectivity index (χ3n) is 2.48. The Bertz CT molecular complexity index is 474. The molecule has 2 rings (SSSR count). The lowest BCUT2D eigenvalue weighted by Crippen LogP contribution is -2.42. The largest absolute Gasteiger partial charge is 0.277 e. The molecule has 1 saturated heterocycles. The maximum Gasteiger partial charge on any atom is 0.239 e. The van der Waals surface area contributed by atoms with E-state index in [9.17, 15) is 9.59 Å². The fourth-order valence-electron chi connectivity index (χ4n) is 1.56. The maximum atomic E-state index is 11.6. The van der Waals surface area contributed by atoms with E-state index in [2.05, 4.69) is 0 Å². The number of hydrogen-bond acceptors (Lipinski definition) is 4. The van der Waals surface area contributed by atoms with Gasteiger partial charge in [0.2, 0.25) is 11.8 Å². The zero-order chi connectivity index (χ0) is 12.3. The maximum absolute atomic E-state index is 11.6. The number of carbonyl (C=O) groups is 2. The summed E-state index contributed by atoms with van der Waals surface area (Å²) in [7, 11) is 0. The summed E-state index contributed by atoms with van der Waals surface area (Å²) in [5.41, 5.74) is 1.43. The predicted octanol–water partition coefficient (Wildman–Crippen LogP) is 1.16. The molecule has 0 atom stereocenters. The van der Waals surface area contributed by atoms with Gasteiger partial charge in [-0.3, -0.25) is 14.5 Å². The Balaban J connectivity index is 2.11. The molecule has 4 nitrogen and oxygen atoms in total. The Morgan fingerprint density at radius 2 is 1.76 bits per heavy atom. The van der Waals surface area contributed by atoms with Gasteiger partial charge in [-0.25, -0.2) is 0 Å². The van der Waals surface area contributed by atoms with E-state index in [1.165, 1.54) is 16.7 Å². The first-order chi connectivity index (χ1) is 8.20. The minimum absolute atomic E-state index is 0.143. The third kappa shape index (κ3) is 2.66. The second-order valence-electron chi connectivity index (χ2n) is 3.68. The molecule has 0 saturated carbocycles. The number of amides is 2. The van der Waals surface area contributed by atoms with Crippen LogP contribution in [-0.4, -0.2) is 28.2 Å². The molecular weight excluding hydrogens is 236 g/mol. The van der Waals surface area contributed by atoms with Crippen molar-refractivity contribution in [2.24, 2.45) is 0 Å². The summed E-state index contributed by atoms with van der Waals surface area (Å²) in [4.78, 5) is 24.4. The van der Waals surface area contributed by atoms with Gasteiger partial charge in [0.25, 0.3) is 0 Å². The zero-order valence-corrected chi connectivity index (χ0v) is 9.87. The molecule has 0 aromatic heterocycles. The summed E-state index contributed by atoms with van der Waals surface area (Å²) in [6, 6.07) is 8.92. The standard InChI is InChI=1S/C12H10N2O2S/c13-5-9-1-3-10(4-2-9)6-14-11(15)7-17-8-12(14)16/h1-4H,6-8H2. The Morgan fingerprint density at radius 3 is 2.29 bits per heavy atom. The highest BCUT2D eigenvalue weighted by Gasteiger charge is 2.26. The summed E-state index contributed by atoms with van der Waals surface area (Å²) in [5, 5.41) is 8.66. The molecule has 0 unspecified atom stereocenters. The Kier molecular flexibility index (Phi) is 3.45. The van der Waals surface area contributed by atoms with Crippen molar-refractivity contribution in [3.05, 3.63) is 35.4 Å². The first kappa shape index (κ1) is 11.7. The first-order valence-electron chi connectivity index (χ1n) is 5.10. The number of imide groups is 1. The molecule has 17 heavy (non-hydrogen) atoms. The molecular formula is C12H10N2O2S. The zero-order valence-electron chi connectivity index (χ0n) is 9.05. The topological polar surface area (TPSA) is 61.2 Å². The molecule has 5 heteroatoms. The Morgan fingerprint density at radius 1 is 1.18 bits per heavy atom. The van der Waals surface area contributed by atoms with Gasteiger partial charge < -0.3 is 0 Å². The highest BCUT2D eigenvalue weighted by atomic mass is 32.2. The van der Waals surface area contributed by atoms with Gasteiger partial charge in [-0.05, 0) is 17.7 Å². The van der Waals surface area contributed by atoms with Crippen molar-refractivity contribution in [3.63, 3.8) is 0 Å². The SMILES string of the molecule is N#Cc1ccc(CN2C(=O)CSCC2=O)cc1. The summed E-state index contributed by atoms with van der Waals surface area (Å²) >= 11 is 1.35. The van der Waals surface area contributed by atoms with Crippen LogP contribution in [0.4, 0.5) is 0 Å². The summed E-state index contributed by atoms with van der Waals surface area (Å²) in [6.45, 7) is 0.296. The summed E-state index contributed by atoms with van der Waals surface area (Å²) in [6.07, 6.45) is 0. The number of carbonyl (C=O) groups excluding carboxylic acids is 2. The van der Waals surface area contributed by atoms with Gasteiger partial charge in [0.1, 0.15) is 0 Å². The van der Waals surface area contributed by atoms with E-state index in [0.29, 0.717) is 23.6 Å². The minimum Gasteiger partial charge on any atom is -0.277 e. The van der Waals surface area contributed by atoms with E-state index in [-0.39, 0.29) is 11.8 Å². The monoisotopic (exact) mass is 246 g/mol. The van der Waals surface area contributed by atoms with Crippen LogP contribution in [0.15, 0.2) is 24.3 Å². The van der Waals surface area contributed by atoms with E-state index >= 15 is 0 Å². The summed E-state index contributed by atoms with van der Waals surface area (Å²) in [5.74, 6) is 0.440. The molecule has 0 N–H and O–H groups in total. The van der Waals surface area contributed by atoms with Gasteiger partial charge in [0, 0.05) is 0 Å². The van der Waals surface area contributed by atoms with Crippen molar-refractivity contribution in [1.29, 1.82) is 5.26 Å². The quantitative estimate of drug-likeness (QED) is 0.735. The Labute approximate surface area is 103 Å². The highest BCUT2D eigenvalue weighted by Crippen LogP contribution is 2.15. The van der Waals surface area contributed by atoms with Gasteiger partial charge in [0.05, 0.1) is 29.7 Å². The van der Waals surface area contributed by atoms with Gasteiger partial charge in [-0.1, -0.05) is 12.1 Å². The third-order valence-corrected chi connectivity index (χ3v) is 3.38. The molecule has 86 valence electrons. The first-order valence-corrected chi connectivity index (χ1v) is 6.26. The number of nitriles is 1. The minimum atomic E-state index is -0.143. The molecule has 1 aliphatic heterocycles. The average Bonchev–Trinajstić information content (AvgIpc) is 2.35. The molecule has 0 spiro atoms. The van der Waals surface area contributed by atoms with Gasteiger partial charge in [-0.2, -0.15) is 5.26 Å². The molecule has 1 aromatic carbocycles. The van der Waals surface area contributed by atoms with E-state index in [4.69, 9.17) is 5.26 Å². The van der Waals surface area contributed by atoms with Crippen LogP contribution in [0.1, 0.15) is 11.1 Å². The van der Waals surface area contributed by atoms with Crippen molar-refractivity contribution < 1.29 is 9.59 Å².